The molecule has 1 amide bonds. The highest BCUT2D eigenvalue weighted by Crippen LogP contribution is 2.24. The summed E-state index contributed by atoms with van der Waals surface area (Å²) in [6.45, 7) is 7.72. The number of ether oxygens (including phenoxy) is 1. The molecule has 1 fully saturated rings. The lowest BCUT2D eigenvalue weighted by molar-refractivity contribution is 0.0938. The van der Waals surface area contributed by atoms with Gasteiger partial charge in [0.15, 0.2) is 0 Å². The van der Waals surface area contributed by atoms with Gasteiger partial charge in [-0.05, 0) is 61.7 Å². The second kappa shape index (κ2) is 9.56. The number of rotatable bonds is 8. The molecule has 0 radical (unpaired) electrons. The molecular weight excluding hydrogens is 336 g/mol. The van der Waals surface area contributed by atoms with Crippen molar-refractivity contribution in [2.45, 2.75) is 32.7 Å². The van der Waals surface area contributed by atoms with Crippen molar-refractivity contribution in [2.75, 3.05) is 26.2 Å². The van der Waals surface area contributed by atoms with Crippen LogP contribution in [0.15, 0.2) is 54.6 Å². The molecule has 1 aliphatic heterocycles. The Morgan fingerprint density at radius 2 is 1.70 bits per heavy atom. The van der Waals surface area contributed by atoms with E-state index in [9.17, 15) is 4.79 Å². The second-order valence-electron chi connectivity index (χ2n) is 7.61. The third-order valence-electron chi connectivity index (χ3n) is 4.92. The average molecular weight is 367 g/mol. The van der Waals surface area contributed by atoms with Gasteiger partial charge in [0.2, 0.25) is 0 Å². The van der Waals surface area contributed by atoms with E-state index in [4.69, 9.17) is 4.74 Å². The zero-order valence-electron chi connectivity index (χ0n) is 16.4. The van der Waals surface area contributed by atoms with Gasteiger partial charge >= 0.3 is 0 Å². The molecule has 2 aromatic carbocycles. The zero-order chi connectivity index (χ0) is 19.1. The molecule has 1 heterocycles. The Morgan fingerprint density at radius 1 is 1.04 bits per heavy atom. The first-order valence-corrected chi connectivity index (χ1v) is 9.93. The Hall–Kier alpha value is -2.33. The normalized spacial score (nSPS) is 15.7. The molecule has 0 bridgehead atoms. The smallest absolute Gasteiger partial charge is 0.251 e. The number of nitrogens with zero attached hydrogens (tertiary/aromatic N) is 1. The first-order valence-electron chi connectivity index (χ1n) is 9.93. The maximum atomic E-state index is 12.6. The lowest BCUT2D eigenvalue weighted by atomic mass is 10.1. The van der Waals surface area contributed by atoms with Crippen LogP contribution in [0.4, 0.5) is 0 Å². The number of hydrogen-bond acceptors (Lipinski definition) is 3. The minimum absolute atomic E-state index is 0.0365. The number of carbonyl (C=O) groups excluding carboxylic acids is 1. The summed E-state index contributed by atoms with van der Waals surface area (Å²) in [5.41, 5.74) is 1.93. The monoisotopic (exact) mass is 366 g/mol. The molecule has 0 saturated carbocycles. The molecule has 1 atom stereocenters. The molecule has 1 saturated heterocycles. The van der Waals surface area contributed by atoms with Gasteiger partial charge in [-0.2, -0.15) is 0 Å². The lowest BCUT2D eigenvalue weighted by Gasteiger charge is -2.28. The van der Waals surface area contributed by atoms with Gasteiger partial charge in [0.05, 0.1) is 12.6 Å². The molecule has 1 unspecified atom stereocenters. The fraction of sp³-hybridized carbons (Fsp3) is 0.435. The van der Waals surface area contributed by atoms with Crippen molar-refractivity contribution in [1.82, 2.24) is 10.2 Å². The summed E-state index contributed by atoms with van der Waals surface area (Å²) < 4.78 is 5.69. The van der Waals surface area contributed by atoms with Crippen LogP contribution in [0, 0.1) is 5.92 Å². The standard InChI is InChI=1S/C23H30N2O2/c1-18(2)17-27-21-12-10-20(11-13-21)23(26)24-16-22(25-14-6-7-15-25)19-8-4-3-5-9-19/h3-5,8-13,18,22H,6-7,14-17H2,1-2H3,(H,24,26). The molecule has 0 aromatic heterocycles. The van der Waals surface area contributed by atoms with Gasteiger partial charge in [0.25, 0.3) is 5.91 Å². The Labute approximate surface area is 162 Å². The van der Waals surface area contributed by atoms with Crippen LogP contribution >= 0.6 is 0 Å². The molecule has 27 heavy (non-hydrogen) atoms. The van der Waals surface area contributed by atoms with Gasteiger partial charge in [-0.1, -0.05) is 44.2 Å². The largest absolute Gasteiger partial charge is 0.493 e. The van der Waals surface area contributed by atoms with Crippen molar-refractivity contribution >= 4 is 5.91 Å². The lowest BCUT2D eigenvalue weighted by Crippen LogP contribution is -2.36. The second-order valence-corrected chi connectivity index (χ2v) is 7.61. The predicted octanol–water partition coefficient (Wildman–Crippen LogP) is 4.29. The van der Waals surface area contributed by atoms with Crippen LogP contribution in [0.2, 0.25) is 0 Å². The average Bonchev–Trinajstić information content (AvgIpc) is 3.22. The van der Waals surface area contributed by atoms with Gasteiger partial charge in [-0.3, -0.25) is 9.69 Å². The summed E-state index contributed by atoms with van der Waals surface area (Å²) in [4.78, 5) is 15.1. The van der Waals surface area contributed by atoms with Crippen molar-refractivity contribution in [2.24, 2.45) is 5.92 Å². The van der Waals surface area contributed by atoms with Crippen molar-refractivity contribution in [3.63, 3.8) is 0 Å². The van der Waals surface area contributed by atoms with E-state index >= 15 is 0 Å². The van der Waals surface area contributed by atoms with Gasteiger partial charge in [0, 0.05) is 12.1 Å². The summed E-state index contributed by atoms with van der Waals surface area (Å²) in [5, 5.41) is 3.12. The van der Waals surface area contributed by atoms with Crippen molar-refractivity contribution < 1.29 is 9.53 Å². The topological polar surface area (TPSA) is 41.6 Å². The molecule has 2 aromatic rings. The quantitative estimate of drug-likeness (QED) is 0.758. The Bertz CT molecular complexity index is 707. The molecule has 1 aliphatic rings. The molecule has 4 nitrogen and oxygen atoms in total. The van der Waals surface area contributed by atoms with E-state index in [0.29, 0.717) is 24.6 Å². The number of benzene rings is 2. The molecular formula is C23H30N2O2. The van der Waals surface area contributed by atoms with Crippen LogP contribution in [0.1, 0.15) is 48.7 Å². The third kappa shape index (κ3) is 5.57. The summed E-state index contributed by atoms with van der Waals surface area (Å²) in [6, 6.07) is 18.1. The van der Waals surface area contributed by atoms with Crippen molar-refractivity contribution in [1.29, 1.82) is 0 Å². The van der Waals surface area contributed by atoms with Crippen LogP contribution in [0.25, 0.3) is 0 Å². The van der Waals surface area contributed by atoms with E-state index in [-0.39, 0.29) is 11.9 Å². The van der Waals surface area contributed by atoms with E-state index in [1.165, 1.54) is 18.4 Å². The highest BCUT2D eigenvalue weighted by molar-refractivity contribution is 5.94. The summed E-state index contributed by atoms with van der Waals surface area (Å²) in [6.07, 6.45) is 2.46. The molecule has 144 valence electrons. The van der Waals surface area contributed by atoms with Gasteiger partial charge < -0.3 is 10.1 Å². The van der Waals surface area contributed by atoms with Gasteiger partial charge in [-0.25, -0.2) is 0 Å². The Balaban J connectivity index is 1.60. The van der Waals surface area contributed by atoms with Crippen LogP contribution in [0.3, 0.4) is 0 Å². The van der Waals surface area contributed by atoms with Crippen molar-refractivity contribution in [3.05, 3.63) is 65.7 Å². The highest BCUT2D eigenvalue weighted by atomic mass is 16.5. The SMILES string of the molecule is CC(C)COc1ccc(C(=O)NCC(c2ccccc2)N2CCCC2)cc1. The van der Waals surface area contributed by atoms with E-state index < -0.39 is 0 Å². The molecule has 1 N–H and O–H groups in total. The number of carbonyl (C=O) groups is 1. The fourth-order valence-corrected chi connectivity index (χ4v) is 3.44. The summed E-state index contributed by atoms with van der Waals surface area (Å²) in [5.74, 6) is 1.25. The fourth-order valence-electron chi connectivity index (χ4n) is 3.44. The Morgan fingerprint density at radius 3 is 2.33 bits per heavy atom. The van der Waals surface area contributed by atoms with Crippen LogP contribution in [-0.2, 0) is 0 Å². The Kier molecular flexibility index (Phi) is 6.88. The number of hydrogen-bond donors (Lipinski definition) is 1. The van der Waals surface area contributed by atoms with E-state index in [1.54, 1.807) is 0 Å². The predicted molar refractivity (Wildman–Crippen MR) is 109 cm³/mol. The minimum Gasteiger partial charge on any atom is -0.493 e. The highest BCUT2D eigenvalue weighted by Gasteiger charge is 2.23. The molecule has 3 rings (SSSR count). The van der Waals surface area contributed by atoms with Crippen molar-refractivity contribution in [3.8, 4) is 5.75 Å². The zero-order valence-corrected chi connectivity index (χ0v) is 16.4. The maximum Gasteiger partial charge on any atom is 0.251 e. The molecule has 4 heteroatoms. The minimum atomic E-state index is -0.0365. The summed E-state index contributed by atoms with van der Waals surface area (Å²) in [7, 11) is 0. The number of likely N-dealkylation sites (tertiary alicyclic amines) is 1. The van der Waals surface area contributed by atoms with E-state index in [1.807, 2.05) is 30.3 Å². The van der Waals surface area contributed by atoms with Crippen LogP contribution in [-0.4, -0.2) is 37.0 Å². The van der Waals surface area contributed by atoms with Crippen LogP contribution < -0.4 is 10.1 Å². The third-order valence-corrected chi connectivity index (χ3v) is 4.92. The first kappa shape index (κ1) is 19.4. The number of nitrogens with one attached hydrogen (secondary N) is 1. The molecule has 0 aliphatic carbocycles. The maximum absolute atomic E-state index is 12.6. The van der Waals surface area contributed by atoms with E-state index in [2.05, 4.69) is 48.3 Å². The van der Waals surface area contributed by atoms with Gasteiger partial charge in [-0.15, -0.1) is 0 Å². The first-order chi connectivity index (χ1) is 13.1. The summed E-state index contributed by atoms with van der Waals surface area (Å²) >= 11 is 0. The number of amides is 1. The van der Waals surface area contributed by atoms with E-state index in [0.717, 1.165) is 18.8 Å². The van der Waals surface area contributed by atoms with Gasteiger partial charge in [0.1, 0.15) is 5.75 Å². The van der Waals surface area contributed by atoms with Crippen LogP contribution in [0.5, 0.6) is 5.75 Å². The molecule has 0 spiro atoms.